The van der Waals surface area contributed by atoms with Gasteiger partial charge in [0, 0.05) is 38.5 Å². The van der Waals surface area contributed by atoms with Crippen LogP contribution in [0.5, 0.6) is 0 Å². The van der Waals surface area contributed by atoms with Gasteiger partial charge < -0.3 is 10.2 Å². The number of nitrogens with one attached hydrogen (secondary N) is 1. The van der Waals surface area contributed by atoms with Crippen LogP contribution < -0.4 is 5.32 Å². The lowest BCUT2D eigenvalue weighted by atomic mass is 10.1. The van der Waals surface area contributed by atoms with Crippen LogP contribution in [0.1, 0.15) is 41.0 Å². The van der Waals surface area contributed by atoms with Gasteiger partial charge in [-0.2, -0.15) is 5.10 Å². The van der Waals surface area contributed by atoms with Gasteiger partial charge in [-0.15, -0.1) is 0 Å². The second-order valence-corrected chi connectivity index (χ2v) is 6.30. The molecule has 0 aliphatic carbocycles. The standard InChI is InChI=1S/C17H23N5O2/c1-11-14(10-13-12(2)20-21(3)16(13)19-11)17(24)18-7-5-9-22-8-4-6-15(22)23/h10H,4-9H2,1-3H3,(H,18,24). The third kappa shape index (κ3) is 3.11. The van der Waals surface area contributed by atoms with E-state index in [1.165, 1.54) is 0 Å². The van der Waals surface area contributed by atoms with Gasteiger partial charge in [-0.3, -0.25) is 14.3 Å². The van der Waals surface area contributed by atoms with E-state index in [0.29, 0.717) is 30.8 Å². The molecule has 3 heterocycles. The number of pyridine rings is 1. The summed E-state index contributed by atoms with van der Waals surface area (Å²) in [5, 5.41) is 8.17. The van der Waals surface area contributed by atoms with Crippen molar-refractivity contribution in [3.05, 3.63) is 23.0 Å². The predicted molar refractivity (Wildman–Crippen MR) is 90.7 cm³/mol. The molecule has 1 aliphatic rings. The zero-order chi connectivity index (χ0) is 17.3. The molecule has 7 heteroatoms. The third-order valence-corrected chi connectivity index (χ3v) is 4.50. The first-order valence-electron chi connectivity index (χ1n) is 8.34. The van der Waals surface area contributed by atoms with Crippen LogP contribution in [-0.4, -0.2) is 51.1 Å². The first-order valence-corrected chi connectivity index (χ1v) is 8.34. The summed E-state index contributed by atoms with van der Waals surface area (Å²) in [5.74, 6) is 0.0942. The zero-order valence-electron chi connectivity index (χ0n) is 14.4. The Bertz CT molecular complexity index is 796. The summed E-state index contributed by atoms with van der Waals surface area (Å²) in [6.45, 7) is 5.84. The second-order valence-electron chi connectivity index (χ2n) is 6.30. The molecule has 1 N–H and O–H groups in total. The minimum absolute atomic E-state index is 0.127. The van der Waals surface area contributed by atoms with Gasteiger partial charge in [0.15, 0.2) is 5.65 Å². The zero-order valence-corrected chi connectivity index (χ0v) is 14.4. The van der Waals surface area contributed by atoms with E-state index in [1.807, 2.05) is 31.9 Å². The predicted octanol–water partition coefficient (Wildman–Crippen LogP) is 1.33. The lowest BCUT2D eigenvalue weighted by Gasteiger charge is -2.15. The maximum atomic E-state index is 12.4. The SMILES string of the molecule is Cc1nc2c(cc1C(=O)NCCCN1CCCC1=O)c(C)nn2C. The van der Waals surface area contributed by atoms with Gasteiger partial charge in [0.1, 0.15) is 0 Å². The second kappa shape index (κ2) is 6.59. The van der Waals surface area contributed by atoms with E-state index in [9.17, 15) is 9.59 Å². The molecular formula is C17H23N5O2. The maximum absolute atomic E-state index is 12.4. The number of aryl methyl sites for hydroxylation is 3. The molecule has 0 spiro atoms. The highest BCUT2D eigenvalue weighted by atomic mass is 16.2. The molecule has 0 unspecified atom stereocenters. The highest BCUT2D eigenvalue weighted by Gasteiger charge is 2.19. The van der Waals surface area contributed by atoms with Crippen LogP contribution in [0.2, 0.25) is 0 Å². The molecule has 7 nitrogen and oxygen atoms in total. The summed E-state index contributed by atoms with van der Waals surface area (Å²) in [5.41, 5.74) is 2.92. The summed E-state index contributed by atoms with van der Waals surface area (Å²) in [6.07, 6.45) is 2.36. The first kappa shape index (κ1) is 16.4. The molecule has 1 aliphatic heterocycles. The van der Waals surface area contributed by atoms with E-state index < -0.39 is 0 Å². The molecule has 0 aromatic carbocycles. The first-order chi connectivity index (χ1) is 11.5. The normalized spacial score (nSPS) is 14.6. The van der Waals surface area contributed by atoms with Gasteiger partial charge in [-0.1, -0.05) is 0 Å². The Kier molecular flexibility index (Phi) is 4.51. The van der Waals surface area contributed by atoms with Crippen molar-refractivity contribution < 1.29 is 9.59 Å². The van der Waals surface area contributed by atoms with Gasteiger partial charge in [0.05, 0.1) is 17.0 Å². The summed E-state index contributed by atoms with van der Waals surface area (Å²) in [7, 11) is 1.85. The van der Waals surface area contributed by atoms with Crippen molar-refractivity contribution in [3.63, 3.8) is 0 Å². The number of likely N-dealkylation sites (tertiary alicyclic amines) is 1. The fourth-order valence-electron chi connectivity index (χ4n) is 3.17. The summed E-state index contributed by atoms with van der Waals surface area (Å²) < 4.78 is 1.73. The van der Waals surface area contributed by atoms with Crippen molar-refractivity contribution in [2.24, 2.45) is 7.05 Å². The Morgan fingerprint density at radius 2 is 2.12 bits per heavy atom. The van der Waals surface area contributed by atoms with Gasteiger partial charge in [-0.25, -0.2) is 4.98 Å². The van der Waals surface area contributed by atoms with Crippen molar-refractivity contribution in [2.45, 2.75) is 33.1 Å². The van der Waals surface area contributed by atoms with E-state index in [4.69, 9.17) is 0 Å². The van der Waals surface area contributed by atoms with Crippen LogP contribution >= 0.6 is 0 Å². The van der Waals surface area contributed by atoms with Crippen LogP contribution in [0.3, 0.4) is 0 Å². The molecule has 0 saturated carbocycles. The maximum Gasteiger partial charge on any atom is 0.253 e. The molecule has 1 fully saturated rings. The number of nitrogens with zero attached hydrogens (tertiary/aromatic N) is 4. The van der Waals surface area contributed by atoms with Crippen molar-refractivity contribution in [1.82, 2.24) is 25.0 Å². The van der Waals surface area contributed by atoms with E-state index in [-0.39, 0.29) is 11.8 Å². The molecule has 0 atom stereocenters. The number of amides is 2. The lowest BCUT2D eigenvalue weighted by molar-refractivity contribution is -0.127. The molecule has 1 saturated heterocycles. The number of carbonyl (C=O) groups is 2. The highest BCUT2D eigenvalue weighted by molar-refractivity contribution is 5.98. The minimum atomic E-state index is -0.127. The van der Waals surface area contributed by atoms with Crippen LogP contribution in [0.25, 0.3) is 11.0 Å². The van der Waals surface area contributed by atoms with E-state index in [0.717, 1.165) is 36.1 Å². The minimum Gasteiger partial charge on any atom is -0.352 e. The number of fused-ring (bicyclic) bond motifs is 1. The van der Waals surface area contributed by atoms with Crippen molar-refractivity contribution in [1.29, 1.82) is 0 Å². The average molecular weight is 329 g/mol. The average Bonchev–Trinajstić information content (AvgIpc) is 3.06. The van der Waals surface area contributed by atoms with Gasteiger partial charge >= 0.3 is 0 Å². The van der Waals surface area contributed by atoms with Gasteiger partial charge in [0.25, 0.3) is 5.91 Å². The number of rotatable bonds is 5. The molecule has 24 heavy (non-hydrogen) atoms. The van der Waals surface area contributed by atoms with Crippen molar-refractivity contribution >= 4 is 22.8 Å². The smallest absolute Gasteiger partial charge is 0.253 e. The van der Waals surface area contributed by atoms with Gasteiger partial charge in [-0.05, 0) is 32.8 Å². The molecule has 3 rings (SSSR count). The molecular weight excluding hydrogens is 306 g/mol. The summed E-state index contributed by atoms with van der Waals surface area (Å²) in [4.78, 5) is 30.3. The number of hydrogen-bond acceptors (Lipinski definition) is 4. The number of carbonyl (C=O) groups excluding carboxylic acids is 2. The molecule has 128 valence electrons. The quantitative estimate of drug-likeness (QED) is 0.839. The number of hydrogen-bond donors (Lipinski definition) is 1. The largest absolute Gasteiger partial charge is 0.352 e. The van der Waals surface area contributed by atoms with E-state index in [2.05, 4.69) is 15.4 Å². The molecule has 2 amide bonds. The fraction of sp³-hybridized carbons (Fsp3) is 0.529. The Balaban J connectivity index is 1.62. The van der Waals surface area contributed by atoms with Crippen LogP contribution in [0.4, 0.5) is 0 Å². The van der Waals surface area contributed by atoms with Gasteiger partial charge in [0.2, 0.25) is 5.91 Å². The third-order valence-electron chi connectivity index (χ3n) is 4.50. The number of aromatic nitrogens is 3. The van der Waals surface area contributed by atoms with E-state index >= 15 is 0 Å². The van der Waals surface area contributed by atoms with Crippen LogP contribution in [-0.2, 0) is 11.8 Å². The molecule has 2 aromatic rings. The summed E-state index contributed by atoms with van der Waals surface area (Å²) in [6, 6.07) is 1.86. The monoisotopic (exact) mass is 329 g/mol. The Hall–Kier alpha value is -2.44. The molecule has 0 radical (unpaired) electrons. The molecule has 0 bridgehead atoms. The van der Waals surface area contributed by atoms with Crippen LogP contribution in [0, 0.1) is 13.8 Å². The van der Waals surface area contributed by atoms with Crippen molar-refractivity contribution in [3.8, 4) is 0 Å². The fourth-order valence-corrected chi connectivity index (χ4v) is 3.17. The Labute approximate surface area is 141 Å². The topological polar surface area (TPSA) is 80.1 Å². The van der Waals surface area contributed by atoms with Crippen molar-refractivity contribution in [2.75, 3.05) is 19.6 Å². The summed E-state index contributed by atoms with van der Waals surface area (Å²) >= 11 is 0. The van der Waals surface area contributed by atoms with E-state index in [1.54, 1.807) is 4.68 Å². The van der Waals surface area contributed by atoms with Crippen LogP contribution in [0.15, 0.2) is 6.07 Å². The Morgan fingerprint density at radius 1 is 1.33 bits per heavy atom. The highest BCUT2D eigenvalue weighted by Crippen LogP contribution is 2.19. The molecule has 2 aromatic heterocycles. The Morgan fingerprint density at radius 3 is 2.83 bits per heavy atom. The lowest BCUT2D eigenvalue weighted by Crippen LogP contribution is -2.31.